The summed E-state index contributed by atoms with van der Waals surface area (Å²) in [5, 5.41) is 11.3. The Morgan fingerprint density at radius 2 is 2.13 bits per heavy atom. The molecule has 0 fully saturated rings. The van der Waals surface area contributed by atoms with Gasteiger partial charge in [0, 0.05) is 6.26 Å². The summed E-state index contributed by atoms with van der Waals surface area (Å²) in [6.45, 7) is 2.37. The van der Waals surface area contributed by atoms with Crippen molar-refractivity contribution in [1.29, 1.82) is 0 Å². The summed E-state index contributed by atoms with van der Waals surface area (Å²) in [6.07, 6.45) is 1.75. The van der Waals surface area contributed by atoms with Gasteiger partial charge in [0.2, 0.25) is 0 Å². The summed E-state index contributed by atoms with van der Waals surface area (Å²) in [7, 11) is -1.11. The fourth-order valence-corrected chi connectivity index (χ4v) is 1.73. The highest BCUT2D eigenvalue weighted by molar-refractivity contribution is 7.90. The molecule has 0 aromatic carbocycles. The van der Waals surface area contributed by atoms with Gasteiger partial charge in [0.15, 0.2) is 5.84 Å². The van der Waals surface area contributed by atoms with E-state index in [-0.39, 0.29) is 17.6 Å². The number of hydrogen-bond acceptors (Lipinski definition) is 5. The molecular weight excluding hydrogens is 218 g/mol. The third-order valence-electron chi connectivity index (χ3n) is 2.23. The predicted molar refractivity (Wildman–Crippen MR) is 59.8 cm³/mol. The van der Waals surface area contributed by atoms with Gasteiger partial charge >= 0.3 is 0 Å². The van der Waals surface area contributed by atoms with Gasteiger partial charge in [-0.1, -0.05) is 5.16 Å². The minimum atomic E-state index is -2.91. The Morgan fingerprint density at radius 3 is 2.53 bits per heavy atom. The van der Waals surface area contributed by atoms with E-state index in [1.165, 1.54) is 6.26 Å². The molecule has 0 radical (unpaired) electrons. The number of oxime groups is 1. The molecule has 0 spiro atoms. The summed E-state index contributed by atoms with van der Waals surface area (Å²) in [4.78, 5) is 1.83. The molecular formula is C8H19N3O3S. The Hall–Kier alpha value is -0.820. The second-order valence-electron chi connectivity index (χ2n) is 3.66. The van der Waals surface area contributed by atoms with Gasteiger partial charge in [-0.25, -0.2) is 8.42 Å². The first-order valence-electron chi connectivity index (χ1n) is 4.63. The van der Waals surface area contributed by atoms with E-state index in [4.69, 9.17) is 10.9 Å². The molecule has 0 saturated carbocycles. The number of amidine groups is 1. The standard InChI is InChI=1S/C8H19N3O3S/c1-7(8(9)10-12)11(2)5-4-6-15(3,13)14/h7,12H,4-6H2,1-3H3,(H2,9,10). The molecule has 6 nitrogen and oxygen atoms in total. The second kappa shape index (κ2) is 5.92. The first-order valence-corrected chi connectivity index (χ1v) is 6.69. The molecule has 0 aromatic rings. The maximum Gasteiger partial charge on any atom is 0.156 e. The Morgan fingerprint density at radius 1 is 1.60 bits per heavy atom. The molecule has 1 unspecified atom stereocenters. The van der Waals surface area contributed by atoms with Crippen molar-refractivity contribution in [2.24, 2.45) is 10.9 Å². The lowest BCUT2D eigenvalue weighted by molar-refractivity contribution is 0.284. The van der Waals surface area contributed by atoms with Crippen LogP contribution in [-0.4, -0.2) is 56.0 Å². The SMILES string of the molecule is CC(C(N)=NO)N(C)CCCS(C)(=O)=O. The average molecular weight is 237 g/mol. The quantitative estimate of drug-likeness (QED) is 0.281. The summed E-state index contributed by atoms with van der Waals surface area (Å²) < 4.78 is 21.7. The topological polar surface area (TPSA) is 96.0 Å². The van der Waals surface area contributed by atoms with E-state index in [2.05, 4.69) is 5.16 Å². The highest BCUT2D eigenvalue weighted by Gasteiger charge is 2.13. The van der Waals surface area contributed by atoms with Crippen molar-refractivity contribution in [2.45, 2.75) is 19.4 Å². The van der Waals surface area contributed by atoms with E-state index in [0.717, 1.165) is 0 Å². The fourth-order valence-electron chi connectivity index (χ4n) is 1.08. The molecule has 3 N–H and O–H groups in total. The molecule has 0 amide bonds. The molecule has 0 heterocycles. The molecule has 0 rings (SSSR count). The molecule has 0 saturated heterocycles. The first kappa shape index (κ1) is 14.2. The molecule has 1 atom stereocenters. The van der Waals surface area contributed by atoms with Crippen molar-refractivity contribution < 1.29 is 13.6 Å². The van der Waals surface area contributed by atoms with Crippen molar-refractivity contribution in [1.82, 2.24) is 4.90 Å². The number of sulfone groups is 1. The van der Waals surface area contributed by atoms with Crippen molar-refractivity contribution in [3.63, 3.8) is 0 Å². The van der Waals surface area contributed by atoms with Crippen LogP contribution in [0.1, 0.15) is 13.3 Å². The lowest BCUT2D eigenvalue weighted by atomic mass is 10.2. The van der Waals surface area contributed by atoms with Crippen LogP contribution in [0, 0.1) is 0 Å². The molecule has 0 aromatic heterocycles. The molecule has 90 valence electrons. The Labute approximate surface area is 90.7 Å². The maximum absolute atomic E-state index is 10.9. The van der Waals surface area contributed by atoms with E-state index in [0.29, 0.717) is 13.0 Å². The smallest absolute Gasteiger partial charge is 0.156 e. The van der Waals surface area contributed by atoms with E-state index >= 15 is 0 Å². The molecule has 15 heavy (non-hydrogen) atoms. The van der Waals surface area contributed by atoms with Gasteiger partial charge in [0.05, 0.1) is 11.8 Å². The van der Waals surface area contributed by atoms with Gasteiger partial charge in [-0.2, -0.15) is 0 Å². The Balaban J connectivity index is 4.00. The highest BCUT2D eigenvalue weighted by atomic mass is 32.2. The number of nitrogens with two attached hydrogens (primary N) is 1. The van der Waals surface area contributed by atoms with Gasteiger partial charge in [-0.3, -0.25) is 4.90 Å². The third-order valence-corrected chi connectivity index (χ3v) is 3.26. The second-order valence-corrected chi connectivity index (χ2v) is 5.92. The number of hydrogen-bond donors (Lipinski definition) is 2. The van der Waals surface area contributed by atoms with Crippen LogP contribution in [0.5, 0.6) is 0 Å². The molecule has 0 bridgehead atoms. The zero-order valence-electron chi connectivity index (χ0n) is 9.34. The van der Waals surface area contributed by atoms with Crippen LogP contribution in [0.2, 0.25) is 0 Å². The molecule has 7 heteroatoms. The van der Waals surface area contributed by atoms with E-state index in [1.54, 1.807) is 14.0 Å². The van der Waals surface area contributed by atoms with Gasteiger partial charge in [-0.15, -0.1) is 0 Å². The van der Waals surface area contributed by atoms with Crippen LogP contribution in [0.3, 0.4) is 0 Å². The first-order chi connectivity index (χ1) is 6.78. The highest BCUT2D eigenvalue weighted by Crippen LogP contribution is 1.98. The van der Waals surface area contributed by atoms with Gasteiger partial charge in [0.25, 0.3) is 0 Å². The maximum atomic E-state index is 10.9. The summed E-state index contributed by atoms with van der Waals surface area (Å²) >= 11 is 0. The van der Waals surface area contributed by atoms with E-state index < -0.39 is 9.84 Å². The zero-order chi connectivity index (χ0) is 12.1. The minimum Gasteiger partial charge on any atom is -0.409 e. The van der Waals surface area contributed by atoms with Crippen molar-refractivity contribution in [3.8, 4) is 0 Å². The Bertz CT molecular complexity index is 313. The summed E-state index contributed by atoms with van der Waals surface area (Å²) in [6, 6.07) is -0.199. The lowest BCUT2D eigenvalue weighted by Crippen LogP contribution is -2.41. The van der Waals surface area contributed by atoms with Gasteiger partial charge < -0.3 is 10.9 Å². The van der Waals surface area contributed by atoms with Crippen molar-refractivity contribution >= 4 is 15.7 Å². The van der Waals surface area contributed by atoms with Gasteiger partial charge in [0.1, 0.15) is 9.84 Å². The van der Waals surface area contributed by atoms with Crippen LogP contribution in [0.25, 0.3) is 0 Å². The number of likely N-dealkylation sites (N-methyl/N-ethyl adjacent to an activating group) is 1. The zero-order valence-corrected chi connectivity index (χ0v) is 10.2. The monoisotopic (exact) mass is 237 g/mol. The van der Waals surface area contributed by atoms with Crippen molar-refractivity contribution in [3.05, 3.63) is 0 Å². The van der Waals surface area contributed by atoms with Crippen LogP contribution in [0.15, 0.2) is 5.16 Å². The predicted octanol–water partition coefficient (Wildman–Crippen LogP) is -0.512. The Kier molecular flexibility index (Phi) is 5.59. The van der Waals surface area contributed by atoms with Gasteiger partial charge in [-0.05, 0) is 26.9 Å². The number of rotatable bonds is 6. The van der Waals surface area contributed by atoms with Crippen LogP contribution in [-0.2, 0) is 9.84 Å². The molecule has 0 aliphatic heterocycles. The van der Waals surface area contributed by atoms with Crippen LogP contribution >= 0.6 is 0 Å². The van der Waals surface area contributed by atoms with Crippen LogP contribution in [0.4, 0.5) is 0 Å². The van der Waals surface area contributed by atoms with E-state index in [9.17, 15) is 8.42 Å². The van der Waals surface area contributed by atoms with Crippen molar-refractivity contribution in [2.75, 3.05) is 25.6 Å². The fraction of sp³-hybridized carbons (Fsp3) is 0.875. The number of nitrogens with zero attached hydrogens (tertiary/aromatic N) is 2. The summed E-state index contributed by atoms with van der Waals surface area (Å²) in [5.41, 5.74) is 5.41. The van der Waals surface area contributed by atoms with E-state index in [1.807, 2.05) is 4.90 Å². The lowest BCUT2D eigenvalue weighted by Gasteiger charge is -2.22. The average Bonchev–Trinajstić information content (AvgIpc) is 2.13. The molecule has 0 aliphatic rings. The minimum absolute atomic E-state index is 0.122. The summed E-state index contributed by atoms with van der Waals surface area (Å²) in [5.74, 6) is 0.275. The third kappa shape index (κ3) is 6.29. The normalized spacial score (nSPS) is 15.6. The molecule has 0 aliphatic carbocycles. The largest absolute Gasteiger partial charge is 0.409 e. The van der Waals surface area contributed by atoms with Crippen LogP contribution < -0.4 is 5.73 Å².